The first-order valence-corrected chi connectivity index (χ1v) is 11.8. The van der Waals surface area contributed by atoms with Gasteiger partial charge in [0, 0.05) is 5.56 Å². The van der Waals surface area contributed by atoms with Crippen molar-refractivity contribution in [3.63, 3.8) is 0 Å². The molecule has 1 amide bonds. The first-order chi connectivity index (χ1) is 14.9. The van der Waals surface area contributed by atoms with Crippen LogP contribution in [0.3, 0.4) is 0 Å². The molecule has 0 atom stereocenters. The average Bonchev–Trinajstić information content (AvgIpc) is 3.31. The molecular weight excluding hydrogens is 410 g/mol. The molecular formula is C24H25N3O3S. The zero-order chi connectivity index (χ0) is 21.9. The molecule has 0 saturated heterocycles. The Morgan fingerprint density at radius 3 is 2.23 bits per heavy atom. The minimum atomic E-state index is -3.49. The molecule has 0 spiro atoms. The first kappa shape index (κ1) is 21.2. The van der Waals surface area contributed by atoms with Crippen LogP contribution in [0.25, 0.3) is 11.3 Å². The number of anilines is 1. The summed E-state index contributed by atoms with van der Waals surface area (Å²) in [4.78, 5) is 18.1. The van der Waals surface area contributed by atoms with Gasteiger partial charge in [0.2, 0.25) is 15.9 Å². The quantitative estimate of drug-likeness (QED) is 0.610. The molecule has 0 unspecified atom stereocenters. The molecule has 1 aliphatic rings. The Bertz CT molecular complexity index is 1170. The Kier molecular flexibility index (Phi) is 5.89. The number of hydrogen-bond acceptors (Lipinski definition) is 4. The van der Waals surface area contributed by atoms with Crippen molar-refractivity contribution < 1.29 is 13.2 Å². The molecule has 4 rings (SSSR count). The van der Waals surface area contributed by atoms with Crippen LogP contribution in [0.2, 0.25) is 0 Å². The highest BCUT2D eigenvalue weighted by atomic mass is 32.2. The lowest BCUT2D eigenvalue weighted by atomic mass is 9.78. The van der Waals surface area contributed by atoms with Crippen LogP contribution in [0, 0.1) is 0 Å². The standard InChI is InChI=1S/C24H25N3O3S/c1-25-31(29,30)20-14-12-18(13-15-20)21-10-7-11-22(26-21)27-23(28)24(16-5-6-17-24)19-8-3-2-4-9-19/h2-4,7-15,25H,5-6,16-17H2,1H3,(H,26,27,28). The highest BCUT2D eigenvalue weighted by Gasteiger charge is 2.42. The SMILES string of the molecule is CNS(=O)(=O)c1ccc(-c2cccc(NC(=O)C3(c4ccccc4)CCCC3)n2)cc1. The highest BCUT2D eigenvalue weighted by Crippen LogP contribution is 2.42. The molecule has 6 nitrogen and oxygen atoms in total. The van der Waals surface area contributed by atoms with Crippen molar-refractivity contribution in [1.29, 1.82) is 0 Å². The van der Waals surface area contributed by atoms with Gasteiger partial charge >= 0.3 is 0 Å². The molecule has 0 bridgehead atoms. The van der Waals surface area contributed by atoms with E-state index in [2.05, 4.69) is 15.0 Å². The van der Waals surface area contributed by atoms with Crippen molar-refractivity contribution in [1.82, 2.24) is 9.71 Å². The summed E-state index contributed by atoms with van der Waals surface area (Å²) in [5.41, 5.74) is 1.95. The predicted octanol–water partition coefficient (Wildman–Crippen LogP) is 4.11. The van der Waals surface area contributed by atoms with Crippen LogP contribution >= 0.6 is 0 Å². The Morgan fingerprint density at radius 2 is 1.58 bits per heavy atom. The summed E-state index contributed by atoms with van der Waals surface area (Å²) in [6, 6.07) is 21.9. The Hall–Kier alpha value is -3.03. The van der Waals surface area contributed by atoms with Crippen LogP contribution in [-0.4, -0.2) is 26.4 Å². The molecule has 7 heteroatoms. The van der Waals surface area contributed by atoms with Gasteiger partial charge < -0.3 is 5.32 Å². The molecule has 1 aliphatic carbocycles. The van der Waals surface area contributed by atoms with Gasteiger partial charge in [0.1, 0.15) is 5.82 Å². The van der Waals surface area contributed by atoms with E-state index in [9.17, 15) is 13.2 Å². The second kappa shape index (κ2) is 8.61. The fourth-order valence-electron chi connectivity index (χ4n) is 4.21. The average molecular weight is 436 g/mol. The number of carbonyl (C=O) groups excluding carboxylic acids is 1. The van der Waals surface area contributed by atoms with Crippen LogP contribution in [0.4, 0.5) is 5.82 Å². The molecule has 1 fully saturated rings. The Morgan fingerprint density at radius 1 is 0.903 bits per heavy atom. The van der Waals surface area contributed by atoms with Gasteiger partial charge in [0.05, 0.1) is 16.0 Å². The number of rotatable bonds is 6. The summed E-state index contributed by atoms with van der Waals surface area (Å²) < 4.78 is 26.1. The maximum absolute atomic E-state index is 13.3. The third kappa shape index (κ3) is 4.24. The van der Waals surface area contributed by atoms with Gasteiger partial charge in [-0.1, -0.05) is 61.4 Å². The maximum Gasteiger partial charge on any atom is 0.240 e. The molecule has 31 heavy (non-hydrogen) atoms. The normalized spacial score (nSPS) is 15.5. The van der Waals surface area contributed by atoms with Crippen molar-refractivity contribution in [2.45, 2.75) is 36.0 Å². The van der Waals surface area contributed by atoms with Crippen molar-refractivity contribution in [3.05, 3.63) is 78.4 Å². The van der Waals surface area contributed by atoms with Gasteiger partial charge in [-0.2, -0.15) is 0 Å². The molecule has 2 N–H and O–H groups in total. The minimum Gasteiger partial charge on any atom is -0.310 e. The van der Waals surface area contributed by atoms with Gasteiger partial charge in [0.15, 0.2) is 0 Å². The summed E-state index contributed by atoms with van der Waals surface area (Å²) in [6.07, 6.45) is 3.70. The monoisotopic (exact) mass is 435 g/mol. The van der Waals surface area contributed by atoms with E-state index >= 15 is 0 Å². The van der Waals surface area contributed by atoms with E-state index in [4.69, 9.17) is 0 Å². The number of aromatic nitrogens is 1. The zero-order valence-corrected chi connectivity index (χ0v) is 18.2. The number of nitrogens with one attached hydrogen (secondary N) is 2. The molecule has 0 aliphatic heterocycles. The third-order valence-corrected chi connectivity index (χ3v) is 7.37. The summed E-state index contributed by atoms with van der Waals surface area (Å²) in [5.74, 6) is 0.452. The lowest BCUT2D eigenvalue weighted by molar-refractivity contribution is -0.121. The van der Waals surface area contributed by atoms with Crippen LogP contribution in [0.5, 0.6) is 0 Å². The number of hydrogen-bond donors (Lipinski definition) is 2. The van der Waals surface area contributed by atoms with Gasteiger partial charge in [-0.3, -0.25) is 4.79 Å². The van der Waals surface area contributed by atoms with Crippen LogP contribution < -0.4 is 10.0 Å². The Balaban J connectivity index is 1.58. The fourth-order valence-corrected chi connectivity index (χ4v) is 4.94. The molecule has 3 aromatic rings. The summed E-state index contributed by atoms with van der Waals surface area (Å²) in [6.45, 7) is 0. The fraction of sp³-hybridized carbons (Fsp3) is 0.250. The smallest absolute Gasteiger partial charge is 0.240 e. The third-order valence-electron chi connectivity index (χ3n) is 5.94. The predicted molar refractivity (Wildman–Crippen MR) is 121 cm³/mol. The molecule has 1 aromatic heterocycles. The molecule has 1 heterocycles. The largest absolute Gasteiger partial charge is 0.310 e. The number of amides is 1. The Labute approximate surface area is 182 Å². The number of nitrogens with zero attached hydrogens (tertiary/aromatic N) is 1. The number of pyridine rings is 1. The number of carbonyl (C=O) groups is 1. The van der Waals surface area contributed by atoms with Crippen molar-refractivity contribution >= 4 is 21.7 Å². The van der Waals surface area contributed by atoms with Crippen LogP contribution in [-0.2, 0) is 20.2 Å². The van der Waals surface area contributed by atoms with Crippen LogP contribution in [0.1, 0.15) is 31.2 Å². The summed E-state index contributed by atoms with van der Waals surface area (Å²) in [5, 5.41) is 3.02. The van der Waals surface area contributed by atoms with Crippen molar-refractivity contribution in [2.75, 3.05) is 12.4 Å². The van der Waals surface area contributed by atoms with Gasteiger partial charge in [-0.15, -0.1) is 0 Å². The van der Waals surface area contributed by atoms with Gasteiger partial charge in [-0.05, 0) is 49.7 Å². The van der Waals surface area contributed by atoms with Crippen molar-refractivity contribution in [2.24, 2.45) is 0 Å². The zero-order valence-electron chi connectivity index (χ0n) is 17.3. The van der Waals surface area contributed by atoms with E-state index < -0.39 is 15.4 Å². The number of sulfonamides is 1. The maximum atomic E-state index is 13.3. The van der Waals surface area contributed by atoms with E-state index in [1.54, 1.807) is 18.2 Å². The molecule has 160 valence electrons. The molecule has 0 radical (unpaired) electrons. The second-order valence-corrected chi connectivity index (χ2v) is 9.64. The summed E-state index contributed by atoms with van der Waals surface area (Å²) in [7, 11) is -2.11. The minimum absolute atomic E-state index is 0.0312. The van der Waals surface area contributed by atoms with E-state index in [0.29, 0.717) is 11.5 Å². The van der Waals surface area contributed by atoms with E-state index in [1.165, 1.54) is 19.2 Å². The lowest BCUT2D eigenvalue weighted by Gasteiger charge is -2.28. The molecule has 2 aromatic carbocycles. The van der Waals surface area contributed by atoms with E-state index in [0.717, 1.165) is 36.8 Å². The first-order valence-electron chi connectivity index (χ1n) is 10.3. The second-order valence-electron chi connectivity index (χ2n) is 7.75. The highest BCUT2D eigenvalue weighted by molar-refractivity contribution is 7.89. The summed E-state index contributed by atoms with van der Waals surface area (Å²) >= 11 is 0. The lowest BCUT2D eigenvalue weighted by Crippen LogP contribution is -2.38. The molecule has 1 saturated carbocycles. The van der Waals surface area contributed by atoms with Crippen LogP contribution in [0.15, 0.2) is 77.7 Å². The van der Waals surface area contributed by atoms with Crippen molar-refractivity contribution in [3.8, 4) is 11.3 Å². The van der Waals surface area contributed by atoms with Gasteiger partial charge in [-0.25, -0.2) is 18.1 Å². The van der Waals surface area contributed by atoms with E-state index in [1.807, 2.05) is 42.5 Å². The topological polar surface area (TPSA) is 88.2 Å². The van der Waals surface area contributed by atoms with Gasteiger partial charge in [0.25, 0.3) is 0 Å². The van der Waals surface area contributed by atoms with E-state index in [-0.39, 0.29) is 10.8 Å². The number of benzene rings is 2.